The lowest BCUT2D eigenvalue weighted by atomic mass is 9.78. The molecule has 11 heavy (non-hydrogen) atoms. The van der Waals surface area contributed by atoms with Gasteiger partial charge in [-0.25, -0.2) is 0 Å². The second kappa shape index (κ2) is 2.11. The van der Waals surface area contributed by atoms with Gasteiger partial charge in [-0.1, -0.05) is 0 Å². The van der Waals surface area contributed by atoms with E-state index < -0.39 is 5.60 Å². The predicted octanol–water partition coefficient (Wildman–Crippen LogP) is 1.96. The molecule has 0 aliphatic heterocycles. The zero-order valence-electron chi connectivity index (χ0n) is 6.63. The Morgan fingerprint density at radius 2 is 2.18 bits per heavy atom. The molecule has 0 aromatic carbocycles. The summed E-state index contributed by atoms with van der Waals surface area (Å²) in [5.74, 6) is 1.61. The Labute approximate surface area is 65.8 Å². The average Bonchev–Trinajstić information content (AvgIpc) is 2.31. The van der Waals surface area contributed by atoms with Gasteiger partial charge in [-0.3, -0.25) is 0 Å². The molecule has 0 bridgehead atoms. The highest BCUT2D eigenvalue weighted by Gasteiger charge is 2.38. The molecule has 2 rings (SSSR count). The lowest BCUT2D eigenvalue weighted by Gasteiger charge is -2.34. The summed E-state index contributed by atoms with van der Waals surface area (Å²) in [5, 5.41) is 9.80. The van der Waals surface area contributed by atoms with E-state index in [1.54, 1.807) is 0 Å². The van der Waals surface area contributed by atoms with Crippen LogP contribution in [0.4, 0.5) is 0 Å². The van der Waals surface area contributed by atoms with E-state index in [0.717, 1.165) is 30.8 Å². The van der Waals surface area contributed by atoms with Crippen LogP contribution in [0.1, 0.15) is 30.8 Å². The van der Waals surface area contributed by atoms with Gasteiger partial charge in [-0.2, -0.15) is 0 Å². The molecule has 1 aliphatic carbocycles. The van der Waals surface area contributed by atoms with Gasteiger partial charge in [0.25, 0.3) is 0 Å². The van der Waals surface area contributed by atoms with Crippen molar-refractivity contribution in [3.8, 4) is 0 Å². The zero-order chi connectivity index (χ0) is 7.90. The minimum absolute atomic E-state index is 0.631. The molecular formula is C9H12O2. The third kappa shape index (κ3) is 0.979. The summed E-state index contributed by atoms with van der Waals surface area (Å²) < 4.78 is 5.34. The molecule has 1 aromatic rings. The van der Waals surface area contributed by atoms with E-state index in [4.69, 9.17) is 4.42 Å². The molecule has 1 N–H and O–H groups in total. The van der Waals surface area contributed by atoms with E-state index in [-0.39, 0.29) is 0 Å². The Balaban J connectivity index is 2.28. The monoisotopic (exact) mass is 152 g/mol. The Kier molecular flexibility index (Phi) is 1.33. The van der Waals surface area contributed by atoms with Gasteiger partial charge in [-0.05, 0) is 38.3 Å². The predicted molar refractivity (Wildman–Crippen MR) is 41.2 cm³/mol. The van der Waals surface area contributed by atoms with Gasteiger partial charge >= 0.3 is 0 Å². The van der Waals surface area contributed by atoms with Gasteiger partial charge in [0.1, 0.15) is 17.1 Å². The molecule has 1 heterocycles. The second-order valence-corrected chi connectivity index (χ2v) is 3.30. The molecule has 0 radical (unpaired) electrons. The van der Waals surface area contributed by atoms with Crippen molar-refractivity contribution in [3.63, 3.8) is 0 Å². The smallest absolute Gasteiger partial charge is 0.135 e. The highest BCUT2D eigenvalue weighted by atomic mass is 16.4. The lowest BCUT2D eigenvalue weighted by Crippen LogP contribution is -2.32. The molecule has 0 amide bonds. The Morgan fingerprint density at radius 1 is 1.45 bits per heavy atom. The fraction of sp³-hybridized carbons (Fsp3) is 0.556. The molecule has 1 fully saturated rings. The maximum atomic E-state index is 9.80. The molecule has 0 unspecified atom stereocenters. The number of hydrogen-bond acceptors (Lipinski definition) is 2. The van der Waals surface area contributed by atoms with Crippen LogP contribution in [0.5, 0.6) is 0 Å². The van der Waals surface area contributed by atoms with Crippen LogP contribution in [0, 0.1) is 6.92 Å². The van der Waals surface area contributed by atoms with Crippen molar-refractivity contribution in [3.05, 3.63) is 23.7 Å². The standard InChI is InChI=1S/C9H12O2/c1-7-3-4-8(11-7)9(10)5-2-6-9/h3-4,10H,2,5-6H2,1H3. The number of aliphatic hydroxyl groups is 1. The van der Waals surface area contributed by atoms with Crippen LogP contribution < -0.4 is 0 Å². The van der Waals surface area contributed by atoms with Crippen LogP contribution >= 0.6 is 0 Å². The zero-order valence-corrected chi connectivity index (χ0v) is 6.63. The van der Waals surface area contributed by atoms with Crippen molar-refractivity contribution in [1.82, 2.24) is 0 Å². The van der Waals surface area contributed by atoms with Gasteiger partial charge < -0.3 is 9.52 Å². The van der Waals surface area contributed by atoms with Gasteiger partial charge in [0.2, 0.25) is 0 Å². The maximum absolute atomic E-state index is 9.80. The molecule has 2 nitrogen and oxygen atoms in total. The molecular weight excluding hydrogens is 140 g/mol. The normalized spacial score (nSPS) is 21.3. The van der Waals surface area contributed by atoms with Gasteiger partial charge in [0.15, 0.2) is 0 Å². The summed E-state index contributed by atoms with van der Waals surface area (Å²) in [6, 6.07) is 3.76. The Bertz CT molecular complexity index is 258. The van der Waals surface area contributed by atoms with Crippen molar-refractivity contribution in [2.45, 2.75) is 31.8 Å². The van der Waals surface area contributed by atoms with Crippen molar-refractivity contribution in [1.29, 1.82) is 0 Å². The van der Waals surface area contributed by atoms with E-state index in [1.165, 1.54) is 0 Å². The van der Waals surface area contributed by atoms with Crippen LogP contribution in [0.3, 0.4) is 0 Å². The minimum Gasteiger partial charge on any atom is -0.463 e. The summed E-state index contributed by atoms with van der Waals surface area (Å²) in [5.41, 5.74) is -0.631. The summed E-state index contributed by atoms with van der Waals surface area (Å²) in [6.07, 6.45) is 2.80. The van der Waals surface area contributed by atoms with Gasteiger partial charge in [0, 0.05) is 0 Å². The van der Waals surface area contributed by atoms with Crippen LogP contribution in [-0.4, -0.2) is 5.11 Å². The second-order valence-electron chi connectivity index (χ2n) is 3.30. The lowest BCUT2D eigenvalue weighted by molar-refractivity contribution is -0.0570. The molecule has 2 heteroatoms. The summed E-state index contributed by atoms with van der Waals surface area (Å²) in [6.45, 7) is 1.89. The SMILES string of the molecule is Cc1ccc(C2(O)CCC2)o1. The Hall–Kier alpha value is -0.760. The summed E-state index contributed by atoms with van der Waals surface area (Å²) >= 11 is 0. The minimum atomic E-state index is -0.631. The maximum Gasteiger partial charge on any atom is 0.135 e. The largest absolute Gasteiger partial charge is 0.463 e. The van der Waals surface area contributed by atoms with Crippen LogP contribution in [0.15, 0.2) is 16.5 Å². The van der Waals surface area contributed by atoms with Crippen molar-refractivity contribution in [2.24, 2.45) is 0 Å². The molecule has 1 aliphatic rings. The molecule has 1 aromatic heterocycles. The first-order valence-electron chi connectivity index (χ1n) is 4.00. The topological polar surface area (TPSA) is 33.4 Å². The first-order valence-corrected chi connectivity index (χ1v) is 4.00. The first-order chi connectivity index (χ1) is 5.21. The van der Waals surface area contributed by atoms with E-state index >= 15 is 0 Å². The third-order valence-corrected chi connectivity index (χ3v) is 2.38. The van der Waals surface area contributed by atoms with Crippen molar-refractivity contribution < 1.29 is 9.52 Å². The van der Waals surface area contributed by atoms with Crippen molar-refractivity contribution in [2.75, 3.05) is 0 Å². The molecule has 1 saturated carbocycles. The van der Waals surface area contributed by atoms with Crippen molar-refractivity contribution >= 4 is 0 Å². The summed E-state index contributed by atoms with van der Waals surface area (Å²) in [7, 11) is 0. The van der Waals surface area contributed by atoms with E-state index in [0.29, 0.717) is 0 Å². The van der Waals surface area contributed by atoms with E-state index in [1.807, 2.05) is 19.1 Å². The summed E-state index contributed by atoms with van der Waals surface area (Å²) in [4.78, 5) is 0. The van der Waals surface area contributed by atoms with Crippen LogP contribution in [0.25, 0.3) is 0 Å². The van der Waals surface area contributed by atoms with E-state index in [9.17, 15) is 5.11 Å². The molecule has 0 saturated heterocycles. The third-order valence-electron chi connectivity index (χ3n) is 2.38. The number of rotatable bonds is 1. The highest BCUT2D eigenvalue weighted by Crippen LogP contribution is 2.41. The highest BCUT2D eigenvalue weighted by molar-refractivity contribution is 5.15. The van der Waals surface area contributed by atoms with E-state index in [2.05, 4.69) is 0 Å². The number of aryl methyl sites for hydroxylation is 1. The quantitative estimate of drug-likeness (QED) is 0.667. The molecule has 0 spiro atoms. The Morgan fingerprint density at radius 3 is 2.55 bits per heavy atom. The molecule has 60 valence electrons. The van der Waals surface area contributed by atoms with Crippen LogP contribution in [0.2, 0.25) is 0 Å². The first kappa shape index (κ1) is 6.92. The number of hydrogen-bond donors (Lipinski definition) is 1. The number of furan rings is 1. The molecule has 0 atom stereocenters. The average molecular weight is 152 g/mol. The van der Waals surface area contributed by atoms with Crippen LogP contribution in [-0.2, 0) is 5.60 Å². The fourth-order valence-electron chi connectivity index (χ4n) is 1.44. The van der Waals surface area contributed by atoms with Gasteiger partial charge in [0.05, 0.1) is 0 Å². The fourth-order valence-corrected chi connectivity index (χ4v) is 1.44. The van der Waals surface area contributed by atoms with Gasteiger partial charge in [-0.15, -0.1) is 0 Å².